The topological polar surface area (TPSA) is 68.5 Å². The van der Waals surface area contributed by atoms with Crippen molar-refractivity contribution in [1.82, 2.24) is 15.1 Å². The minimum atomic E-state index is -0.0390. The van der Waals surface area contributed by atoms with Gasteiger partial charge in [-0.3, -0.25) is 4.79 Å². The molecule has 2 aromatic heterocycles. The first-order chi connectivity index (χ1) is 9.72. The third-order valence-corrected chi connectivity index (χ3v) is 3.26. The van der Waals surface area contributed by atoms with Gasteiger partial charge in [0.25, 0.3) is 5.91 Å². The molecule has 1 saturated heterocycles. The third kappa shape index (κ3) is 2.64. The molecule has 3 rings (SSSR count). The molecule has 6 nitrogen and oxygen atoms in total. The molecule has 0 saturated carbocycles. The summed E-state index contributed by atoms with van der Waals surface area (Å²) >= 11 is 0. The summed E-state index contributed by atoms with van der Waals surface area (Å²) in [5, 5.41) is 7.92. The standard InChI is InChI=1S/C14H15N3O3/c1-10-2-3-13(16-15-10)20-12-4-6-17(8-12)14(18)11-5-7-19-9-11/h2-3,5,7,9,12H,4,6,8H2,1H3/t12-/m1/s1. The molecule has 0 radical (unpaired) electrons. The number of carbonyl (C=O) groups is 1. The van der Waals surface area contributed by atoms with Crippen LogP contribution in [0.5, 0.6) is 5.88 Å². The molecule has 6 heteroatoms. The number of hydrogen-bond acceptors (Lipinski definition) is 5. The predicted octanol–water partition coefficient (Wildman–Crippen LogP) is 1.67. The second-order valence-electron chi connectivity index (χ2n) is 4.80. The van der Waals surface area contributed by atoms with Crippen LogP contribution in [0.2, 0.25) is 0 Å². The fourth-order valence-electron chi connectivity index (χ4n) is 2.20. The molecule has 20 heavy (non-hydrogen) atoms. The quantitative estimate of drug-likeness (QED) is 0.851. The molecule has 104 valence electrons. The first-order valence-corrected chi connectivity index (χ1v) is 6.51. The van der Waals surface area contributed by atoms with Crippen LogP contribution in [0.25, 0.3) is 0 Å². The molecule has 1 aliphatic heterocycles. The van der Waals surface area contributed by atoms with Gasteiger partial charge in [0.2, 0.25) is 5.88 Å². The van der Waals surface area contributed by atoms with Crippen LogP contribution in [0.3, 0.4) is 0 Å². The Bertz CT molecular complexity index is 580. The Labute approximate surface area is 116 Å². The van der Waals surface area contributed by atoms with Crippen molar-refractivity contribution < 1.29 is 13.9 Å². The van der Waals surface area contributed by atoms with Gasteiger partial charge in [-0.25, -0.2) is 0 Å². The van der Waals surface area contributed by atoms with E-state index in [1.807, 2.05) is 13.0 Å². The van der Waals surface area contributed by atoms with Crippen molar-refractivity contribution in [2.75, 3.05) is 13.1 Å². The van der Waals surface area contributed by atoms with Crippen molar-refractivity contribution in [2.45, 2.75) is 19.4 Å². The first kappa shape index (κ1) is 12.7. The van der Waals surface area contributed by atoms with Crippen molar-refractivity contribution in [3.05, 3.63) is 42.0 Å². The highest BCUT2D eigenvalue weighted by Gasteiger charge is 2.28. The summed E-state index contributed by atoms with van der Waals surface area (Å²) in [6, 6.07) is 5.32. The highest BCUT2D eigenvalue weighted by Crippen LogP contribution is 2.18. The summed E-state index contributed by atoms with van der Waals surface area (Å²) in [4.78, 5) is 13.9. The Kier molecular flexibility index (Phi) is 3.37. The van der Waals surface area contributed by atoms with Crippen LogP contribution < -0.4 is 4.74 Å². The molecule has 0 N–H and O–H groups in total. The van der Waals surface area contributed by atoms with Gasteiger partial charge in [0.05, 0.1) is 24.1 Å². The Morgan fingerprint density at radius 2 is 2.30 bits per heavy atom. The highest BCUT2D eigenvalue weighted by atomic mass is 16.5. The predicted molar refractivity (Wildman–Crippen MR) is 70.4 cm³/mol. The first-order valence-electron chi connectivity index (χ1n) is 6.51. The summed E-state index contributed by atoms with van der Waals surface area (Å²) in [5.74, 6) is 0.470. The van der Waals surface area contributed by atoms with E-state index in [1.165, 1.54) is 12.5 Å². The van der Waals surface area contributed by atoms with Crippen LogP contribution in [0, 0.1) is 6.92 Å². The van der Waals surface area contributed by atoms with E-state index in [2.05, 4.69) is 10.2 Å². The van der Waals surface area contributed by atoms with Gasteiger partial charge in [0.1, 0.15) is 12.4 Å². The Morgan fingerprint density at radius 1 is 1.40 bits per heavy atom. The molecule has 3 heterocycles. The second kappa shape index (κ2) is 5.32. The zero-order valence-electron chi connectivity index (χ0n) is 11.2. The molecule has 0 aliphatic carbocycles. The Hall–Kier alpha value is -2.37. The number of aromatic nitrogens is 2. The van der Waals surface area contributed by atoms with Gasteiger partial charge in [0, 0.05) is 19.0 Å². The molecular formula is C14H15N3O3. The monoisotopic (exact) mass is 273 g/mol. The zero-order chi connectivity index (χ0) is 13.9. The number of hydrogen-bond donors (Lipinski definition) is 0. The molecule has 1 fully saturated rings. The van der Waals surface area contributed by atoms with Gasteiger partial charge in [-0.15, -0.1) is 5.10 Å². The van der Waals surface area contributed by atoms with Crippen molar-refractivity contribution >= 4 is 5.91 Å². The van der Waals surface area contributed by atoms with Crippen molar-refractivity contribution in [3.63, 3.8) is 0 Å². The zero-order valence-corrected chi connectivity index (χ0v) is 11.2. The van der Waals surface area contributed by atoms with Crippen molar-refractivity contribution in [3.8, 4) is 5.88 Å². The van der Waals surface area contributed by atoms with E-state index in [4.69, 9.17) is 9.15 Å². The van der Waals surface area contributed by atoms with Crippen molar-refractivity contribution in [1.29, 1.82) is 0 Å². The Morgan fingerprint density at radius 3 is 3.00 bits per heavy atom. The molecule has 1 amide bonds. The average Bonchev–Trinajstić information content (AvgIpc) is 3.12. The fourth-order valence-corrected chi connectivity index (χ4v) is 2.20. The summed E-state index contributed by atoms with van der Waals surface area (Å²) < 4.78 is 10.7. The number of ether oxygens (including phenoxy) is 1. The number of rotatable bonds is 3. The van der Waals surface area contributed by atoms with E-state index in [-0.39, 0.29) is 12.0 Å². The van der Waals surface area contributed by atoms with Crippen LogP contribution in [0.1, 0.15) is 22.5 Å². The van der Waals surface area contributed by atoms with Crippen molar-refractivity contribution in [2.24, 2.45) is 0 Å². The molecular weight excluding hydrogens is 258 g/mol. The van der Waals surface area contributed by atoms with Crippen LogP contribution in [-0.2, 0) is 0 Å². The van der Waals surface area contributed by atoms with Gasteiger partial charge in [0.15, 0.2) is 0 Å². The summed E-state index contributed by atoms with van der Waals surface area (Å²) in [5.41, 5.74) is 1.42. The van der Waals surface area contributed by atoms with E-state index < -0.39 is 0 Å². The number of furan rings is 1. The maximum Gasteiger partial charge on any atom is 0.257 e. The minimum Gasteiger partial charge on any atom is -0.472 e. The largest absolute Gasteiger partial charge is 0.472 e. The molecule has 0 spiro atoms. The normalized spacial score (nSPS) is 18.2. The van der Waals surface area contributed by atoms with E-state index in [0.717, 1.165) is 12.1 Å². The third-order valence-electron chi connectivity index (χ3n) is 3.26. The molecule has 1 atom stereocenters. The van der Waals surface area contributed by atoms with Crippen LogP contribution in [0.15, 0.2) is 35.1 Å². The maximum atomic E-state index is 12.1. The van der Waals surface area contributed by atoms with Crippen LogP contribution in [0.4, 0.5) is 0 Å². The average molecular weight is 273 g/mol. The summed E-state index contributed by atoms with van der Waals surface area (Å²) in [7, 11) is 0. The SMILES string of the molecule is Cc1ccc(O[C@@H]2CCN(C(=O)c3ccoc3)C2)nn1. The van der Waals surface area contributed by atoms with Gasteiger partial charge in [-0.1, -0.05) is 0 Å². The number of likely N-dealkylation sites (tertiary alicyclic amines) is 1. The molecule has 2 aromatic rings. The summed E-state index contributed by atoms with van der Waals surface area (Å²) in [6.45, 7) is 3.10. The van der Waals surface area contributed by atoms with Crippen LogP contribution in [-0.4, -0.2) is 40.2 Å². The van der Waals surface area contributed by atoms with E-state index >= 15 is 0 Å². The lowest BCUT2D eigenvalue weighted by Crippen LogP contribution is -2.30. The fraction of sp³-hybridized carbons (Fsp3) is 0.357. The smallest absolute Gasteiger partial charge is 0.257 e. The number of aryl methyl sites for hydroxylation is 1. The number of nitrogens with zero attached hydrogens (tertiary/aromatic N) is 3. The minimum absolute atomic E-state index is 0.0279. The van der Waals surface area contributed by atoms with Gasteiger partial charge in [-0.2, -0.15) is 5.10 Å². The molecule has 0 bridgehead atoms. The number of carbonyl (C=O) groups excluding carboxylic acids is 1. The Balaban J connectivity index is 1.59. The van der Waals surface area contributed by atoms with E-state index in [1.54, 1.807) is 17.0 Å². The van der Waals surface area contributed by atoms with Gasteiger partial charge >= 0.3 is 0 Å². The number of amides is 1. The molecule has 0 aromatic carbocycles. The van der Waals surface area contributed by atoms with E-state index in [0.29, 0.717) is 24.5 Å². The lowest BCUT2D eigenvalue weighted by molar-refractivity contribution is 0.0770. The van der Waals surface area contributed by atoms with E-state index in [9.17, 15) is 4.79 Å². The van der Waals surface area contributed by atoms with Gasteiger partial charge in [-0.05, 0) is 19.1 Å². The van der Waals surface area contributed by atoms with Gasteiger partial charge < -0.3 is 14.1 Å². The second-order valence-corrected chi connectivity index (χ2v) is 4.80. The summed E-state index contributed by atoms with van der Waals surface area (Å²) in [6.07, 6.45) is 3.71. The highest BCUT2D eigenvalue weighted by molar-refractivity contribution is 5.94. The lowest BCUT2D eigenvalue weighted by Gasteiger charge is -2.15. The molecule has 1 aliphatic rings. The lowest BCUT2D eigenvalue weighted by atomic mass is 10.3. The van der Waals surface area contributed by atoms with Crippen LogP contribution >= 0.6 is 0 Å². The maximum absolute atomic E-state index is 12.1. The molecule has 0 unspecified atom stereocenters.